The third-order valence-electron chi connectivity index (χ3n) is 5.43. The zero-order chi connectivity index (χ0) is 20.1. The summed E-state index contributed by atoms with van der Waals surface area (Å²) in [5, 5.41) is 2.90. The van der Waals surface area contributed by atoms with Crippen molar-refractivity contribution in [3.63, 3.8) is 0 Å². The molecular formula is C23H27N3O3. The molecule has 6 nitrogen and oxygen atoms in total. The lowest BCUT2D eigenvalue weighted by molar-refractivity contribution is -0.117. The quantitative estimate of drug-likeness (QED) is 0.786. The number of hydrogen-bond acceptors (Lipinski definition) is 4. The number of nitrogens with one attached hydrogen (secondary N) is 1. The highest BCUT2D eigenvalue weighted by Gasteiger charge is 2.29. The molecule has 152 valence electrons. The lowest BCUT2D eigenvalue weighted by atomic mass is 10.1. The van der Waals surface area contributed by atoms with Gasteiger partial charge in [-0.05, 0) is 49.2 Å². The van der Waals surface area contributed by atoms with Gasteiger partial charge in [0.05, 0.1) is 0 Å². The van der Waals surface area contributed by atoms with E-state index >= 15 is 0 Å². The van der Waals surface area contributed by atoms with E-state index in [1.165, 1.54) is 0 Å². The van der Waals surface area contributed by atoms with Crippen LogP contribution in [0, 0.1) is 5.92 Å². The zero-order valence-electron chi connectivity index (χ0n) is 16.5. The van der Waals surface area contributed by atoms with Gasteiger partial charge in [-0.1, -0.05) is 18.2 Å². The molecule has 1 N–H and O–H groups in total. The van der Waals surface area contributed by atoms with Crippen molar-refractivity contribution < 1.29 is 14.3 Å². The van der Waals surface area contributed by atoms with Gasteiger partial charge in [0.25, 0.3) is 5.91 Å². The summed E-state index contributed by atoms with van der Waals surface area (Å²) in [6.07, 6.45) is 1.96. The minimum Gasteiger partial charge on any atom is -0.492 e. The van der Waals surface area contributed by atoms with E-state index in [4.69, 9.17) is 4.74 Å². The van der Waals surface area contributed by atoms with Crippen molar-refractivity contribution in [3.05, 3.63) is 60.2 Å². The van der Waals surface area contributed by atoms with E-state index in [1.54, 1.807) is 12.1 Å². The molecule has 1 saturated heterocycles. The average Bonchev–Trinajstić information content (AvgIpc) is 3.61. The van der Waals surface area contributed by atoms with Gasteiger partial charge in [0.15, 0.2) is 0 Å². The Morgan fingerprint density at radius 2 is 1.62 bits per heavy atom. The molecule has 4 rings (SSSR count). The monoisotopic (exact) mass is 393 g/mol. The highest BCUT2D eigenvalue weighted by molar-refractivity contribution is 5.96. The molecular weight excluding hydrogens is 366 g/mol. The van der Waals surface area contributed by atoms with Crippen molar-refractivity contribution in [1.29, 1.82) is 0 Å². The summed E-state index contributed by atoms with van der Waals surface area (Å²) in [7, 11) is 0. The molecule has 2 fully saturated rings. The number of para-hydroxylation sites is 1. The van der Waals surface area contributed by atoms with Gasteiger partial charge in [-0.3, -0.25) is 14.5 Å². The first-order valence-electron chi connectivity index (χ1n) is 10.3. The largest absolute Gasteiger partial charge is 0.492 e. The van der Waals surface area contributed by atoms with Crippen LogP contribution in [0.5, 0.6) is 5.75 Å². The van der Waals surface area contributed by atoms with Crippen LogP contribution in [-0.2, 0) is 4.79 Å². The summed E-state index contributed by atoms with van der Waals surface area (Å²) < 4.78 is 5.76. The lowest BCUT2D eigenvalue weighted by Crippen LogP contribution is -2.49. The Bertz CT molecular complexity index is 826. The normalized spacial score (nSPS) is 17.0. The number of carbonyl (C=O) groups excluding carboxylic acids is 2. The highest BCUT2D eigenvalue weighted by atomic mass is 16.5. The fourth-order valence-corrected chi connectivity index (χ4v) is 3.45. The van der Waals surface area contributed by atoms with Crippen LogP contribution < -0.4 is 10.1 Å². The summed E-state index contributed by atoms with van der Waals surface area (Å²) in [4.78, 5) is 28.8. The van der Waals surface area contributed by atoms with Crippen LogP contribution in [0.15, 0.2) is 54.6 Å². The topological polar surface area (TPSA) is 61.9 Å². The summed E-state index contributed by atoms with van der Waals surface area (Å²) in [6, 6.07) is 17.0. The smallest absolute Gasteiger partial charge is 0.253 e. The van der Waals surface area contributed by atoms with E-state index in [1.807, 2.05) is 47.4 Å². The molecule has 29 heavy (non-hydrogen) atoms. The Kier molecular flexibility index (Phi) is 6.10. The Morgan fingerprint density at radius 1 is 0.931 bits per heavy atom. The molecule has 2 aromatic rings. The van der Waals surface area contributed by atoms with Crippen molar-refractivity contribution in [2.75, 3.05) is 44.6 Å². The third-order valence-corrected chi connectivity index (χ3v) is 5.43. The highest BCUT2D eigenvalue weighted by Crippen LogP contribution is 2.30. The number of rotatable bonds is 7. The number of anilines is 1. The van der Waals surface area contributed by atoms with E-state index in [2.05, 4.69) is 10.2 Å². The van der Waals surface area contributed by atoms with Crippen molar-refractivity contribution in [2.45, 2.75) is 12.8 Å². The molecule has 2 amide bonds. The number of benzene rings is 2. The van der Waals surface area contributed by atoms with Gasteiger partial charge < -0.3 is 15.0 Å². The van der Waals surface area contributed by atoms with Gasteiger partial charge >= 0.3 is 0 Å². The minimum atomic E-state index is 0.0465. The fourth-order valence-electron chi connectivity index (χ4n) is 3.45. The number of hydrogen-bond donors (Lipinski definition) is 1. The second-order valence-corrected chi connectivity index (χ2v) is 7.64. The second kappa shape index (κ2) is 9.09. The number of ether oxygens (including phenoxy) is 1. The Labute approximate surface area is 171 Å². The molecule has 6 heteroatoms. The number of piperazine rings is 1. The van der Waals surface area contributed by atoms with Gasteiger partial charge in [-0.25, -0.2) is 0 Å². The van der Waals surface area contributed by atoms with E-state index in [-0.39, 0.29) is 17.7 Å². The first-order chi connectivity index (χ1) is 14.2. The Hall–Kier alpha value is -2.86. The second-order valence-electron chi connectivity index (χ2n) is 7.64. The van der Waals surface area contributed by atoms with E-state index in [9.17, 15) is 9.59 Å². The maximum Gasteiger partial charge on any atom is 0.253 e. The lowest BCUT2D eigenvalue weighted by Gasteiger charge is -2.34. The molecule has 1 heterocycles. The first kappa shape index (κ1) is 19.5. The summed E-state index contributed by atoms with van der Waals surface area (Å²) in [6.45, 7) is 4.62. The predicted molar refractivity (Wildman–Crippen MR) is 112 cm³/mol. The molecule has 2 aromatic carbocycles. The van der Waals surface area contributed by atoms with Crippen molar-refractivity contribution in [2.24, 2.45) is 5.92 Å². The van der Waals surface area contributed by atoms with Crippen LogP contribution in [0.3, 0.4) is 0 Å². The molecule has 0 radical (unpaired) electrons. The van der Waals surface area contributed by atoms with Crippen LogP contribution in [0.2, 0.25) is 0 Å². The molecule has 0 unspecified atom stereocenters. The van der Waals surface area contributed by atoms with E-state index in [0.29, 0.717) is 25.3 Å². The molecule has 0 atom stereocenters. The van der Waals surface area contributed by atoms with Crippen molar-refractivity contribution >= 4 is 17.5 Å². The van der Waals surface area contributed by atoms with E-state index in [0.717, 1.165) is 43.9 Å². The van der Waals surface area contributed by atoms with Gasteiger partial charge in [0, 0.05) is 49.9 Å². The van der Waals surface area contributed by atoms with Crippen molar-refractivity contribution in [3.8, 4) is 5.75 Å². The van der Waals surface area contributed by atoms with Gasteiger partial charge in [-0.2, -0.15) is 0 Å². The van der Waals surface area contributed by atoms with Crippen LogP contribution >= 0.6 is 0 Å². The number of nitrogens with zero attached hydrogens (tertiary/aromatic N) is 2. The van der Waals surface area contributed by atoms with Gasteiger partial charge in [-0.15, -0.1) is 0 Å². The predicted octanol–water partition coefficient (Wildman–Crippen LogP) is 2.87. The van der Waals surface area contributed by atoms with Crippen LogP contribution in [0.4, 0.5) is 5.69 Å². The van der Waals surface area contributed by atoms with Gasteiger partial charge in [0.2, 0.25) is 5.91 Å². The maximum absolute atomic E-state index is 12.8. The fraction of sp³-hybridized carbons (Fsp3) is 0.391. The zero-order valence-corrected chi connectivity index (χ0v) is 16.5. The minimum absolute atomic E-state index is 0.0465. The molecule has 1 saturated carbocycles. The van der Waals surface area contributed by atoms with E-state index < -0.39 is 0 Å². The molecule has 1 aliphatic carbocycles. The maximum atomic E-state index is 12.8. The number of carbonyl (C=O) groups is 2. The van der Waals surface area contributed by atoms with Crippen molar-refractivity contribution in [1.82, 2.24) is 9.80 Å². The number of amides is 2. The molecule has 0 bridgehead atoms. The van der Waals surface area contributed by atoms with Gasteiger partial charge in [0.1, 0.15) is 12.4 Å². The summed E-state index contributed by atoms with van der Waals surface area (Å²) in [5.41, 5.74) is 1.41. The SMILES string of the molecule is O=C(Nc1ccc(C(=O)N2CCN(CCOc3ccccc3)CC2)cc1)C1CC1. The van der Waals surface area contributed by atoms with Crippen LogP contribution in [0.1, 0.15) is 23.2 Å². The first-order valence-corrected chi connectivity index (χ1v) is 10.3. The van der Waals surface area contributed by atoms with Crippen LogP contribution in [0.25, 0.3) is 0 Å². The summed E-state index contributed by atoms with van der Waals surface area (Å²) >= 11 is 0. The molecule has 2 aliphatic rings. The van der Waals surface area contributed by atoms with Crippen LogP contribution in [-0.4, -0.2) is 60.9 Å². The average molecular weight is 393 g/mol. The molecule has 0 aromatic heterocycles. The Balaban J connectivity index is 1.20. The standard InChI is InChI=1S/C23H27N3O3/c27-22(18-6-7-18)24-20-10-8-19(9-11-20)23(28)26-14-12-25(13-15-26)16-17-29-21-4-2-1-3-5-21/h1-5,8-11,18H,6-7,12-17H2,(H,24,27). The molecule has 1 aliphatic heterocycles. The Morgan fingerprint density at radius 3 is 2.28 bits per heavy atom. The molecule has 0 spiro atoms. The summed E-state index contributed by atoms with van der Waals surface area (Å²) in [5.74, 6) is 1.19. The third kappa shape index (κ3) is 5.35.